The number of anilines is 1. The Morgan fingerprint density at radius 1 is 1.18 bits per heavy atom. The molecule has 2 N–H and O–H groups in total. The van der Waals surface area contributed by atoms with Gasteiger partial charge in [0.2, 0.25) is 5.82 Å². The molecule has 0 saturated carbocycles. The maximum absolute atomic E-state index is 14.4. The summed E-state index contributed by atoms with van der Waals surface area (Å²) >= 11 is 0. The highest BCUT2D eigenvalue weighted by molar-refractivity contribution is 6.01. The second kappa shape index (κ2) is 11.1. The van der Waals surface area contributed by atoms with Gasteiger partial charge in [-0.1, -0.05) is 12.1 Å². The molecule has 2 aromatic heterocycles. The molecule has 1 aliphatic rings. The van der Waals surface area contributed by atoms with Crippen molar-refractivity contribution in [1.82, 2.24) is 19.7 Å². The number of aryl methyl sites for hydroxylation is 2. The Morgan fingerprint density at radius 3 is 2.70 bits per heavy atom. The SMILES string of the molecule is Cc1ccc(OCCCC(C)(C)O)cc1-c1ccnc(NC(=O)c2nc3n(n2)C(c2c(F)cccc2F)CC3)c1. The van der Waals surface area contributed by atoms with E-state index in [2.05, 4.69) is 20.4 Å². The van der Waals surface area contributed by atoms with Crippen LogP contribution in [0.3, 0.4) is 0 Å². The third kappa shape index (κ3) is 6.02. The van der Waals surface area contributed by atoms with Crippen LogP contribution in [0.4, 0.5) is 14.6 Å². The zero-order valence-corrected chi connectivity index (χ0v) is 22.6. The maximum atomic E-state index is 14.4. The summed E-state index contributed by atoms with van der Waals surface area (Å²) in [6.07, 6.45) is 3.84. The first-order valence-corrected chi connectivity index (χ1v) is 13.2. The minimum Gasteiger partial charge on any atom is -0.494 e. The molecule has 0 spiro atoms. The predicted molar refractivity (Wildman–Crippen MR) is 146 cm³/mol. The van der Waals surface area contributed by atoms with Crippen molar-refractivity contribution in [2.75, 3.05) is 11.9 Å². The molecular weight excluding hydrogens is 516 g/mol. The second-order valence-corrected chi connectivity index (χ2v) is 10.6. The normalized spacial score (nSPS) is 14.7. The van der Waals surface area contributed by atoms with Crippen LogP contribution in [0, 0.1) is 18.6 Å². The van der Waals surface area contributed by atoms with Gasteiger partial charge in [0, 0.05) is 18.2 Å². The van der Waals surface area contributed by atoms with E-state index in [4.69, 9.17) is 4.74 Å². The molecular formula is C30H31F2N5O3. The number of halogens is 2. The number of carbonyl (C=O) groups is 1. The zero-order valence-electron chi connectivity index (χ0n) is 22.6. The summed E-state index contributed by atoms with van der Waals surface area (Å²) in [6.45, 7) is 6.01. The molecule has 0 saturated heterocycles. The number of ether oxygens (including phenoxy) is 1. The van der Waals surface area contributed by atoms with Crippen molar-refractivity contribution in [3.8, 4) is 16.9 Å². The van der Waals surface area contributed by atoms with Gasteiger partial charge in [0.25, 0.3) is 5.91 Å². The molecule has 1 unspecified atom stereocenters. The average Bonchev–Trinajstić information content (AvgIpc) is 3.49. The highest BCUT2D eigenvalue weighted by Gasteiger charge is 2.32. The van der Waals surface area contributed by atoms with Crippen molar-refractivity contribution >= 4 is 11.7 Å². The Hall–Kier alpha value is -4.18. The number of fused-ring (bicyclic) bond motifs is 1. The van der Waals surface area contributed by atoms with Gasteiger partial charge >= 0.3 is 0 Å². The Balaban J connectivity index is 1.30. The fraction of sp³-hybridized carbons (Fsp3) is 0.333. The van der Waals surface area contributed by atoms with Crippen LogP contribution in [0.25, 0.3) is 11.1 Å². The molecule has 0 bridgehead atoms. The fourth-order valence-electron chi connectivity index (χ4n) is 4.89. The first kappa shape index (κ1) is 27.4. The Morgan fingerprint density at radius 2 is 1.95 bits per heavy atom. The molecule has 0 aliphatic carbocycles. The van der Waals surface area contributed by atoms with Crippen LogP contribution in [0.5, 0.6) is 5.75 Å². The number of nitrogens with zero attached hydrogens (tertiary/aromatic N) is 4. The fourth-order valence-corrected chi connectivity index (χ4v) is 4.89. The number of nitrogens with one attached hydrogen (secondary N) is 1. The topological polar surface area (TPSA) is 102 Å². The van der Waals surface area contributed by atoms with E-state index in [1.54, 1.807) is 26.1 Å². The van der Waals surface area contributed by atoms with E-state index >= 15 is 0 Å². The van der Waals surface area contributed by atoms with Crippen LogP contribution >= 0.6 is 0 Å². The van der Waals surface area contributed by atoms with Gasteiger partial charge in [0.1, 0.15) is 29.0 Å². The van der Waals surface area contributed by atoms with Crippen molar-refractivity contribution in [1.29, 1.82) is 0 Å². The molecule has 5 rings (SSSR count). The van der Waals surface area contributed by atoms with Crippen LogP contribution in [0.15, 0.2) is 54.7 Å². The van der Waals surface area contributed by atoms with Gasteiger partial charge in [-0.15, -0.1) is 5.10 Å². The van der Waals surface area contributed by atoms with Crippen molar-refractivity contribution in [2.24, 2.45) is 0 Å². The van der Waals surface area contributed by atoms with Crippen molar-refractivity contribution in [2.45, 2.75) is 58.1 Å². The lowest BCUT2D eigenvalue weighted by Gasteiger charge is -2.17. The van der Waals surface area contributed by atoms with Gasteiger partial charge in [0.15, 0.2) is 0 Å². The largest absolute Gasteiger partial charge is 0.494 e. The summed E-state index contributed by atoms with van der Waals surface area (Å²) < 4.78 is 36.1. The van der Waals surface area contributed by atoms with E-state index in [-0.39, 0.29) is 11.4 Å². The van der Waals surface area contributed by atoms with Crippen LogP contribution in [-0.4, -0.2) is 43.0 Å². The number of hydrogen-bond acceptors (Lipinski definition) is 6. The lowest BCUT2D eigenvalue weighted by molar-refractivity contribution is 0.0641. The summed E-state index contributed by atoms with van der Waals surface area (Å²) in [6, 6.07) is 12.5. The van der Waals surface area contributed by atoms with Gasteiger partial charge in [-0.05, 0) is 93.1 Å². The summed E-state index contributed by atoms with van der Waals surface area (Å²) in [5, 5.41) is 16.9. The molecule has 3 heterocycles. The molecule has 2 aromatic carbocycles. The van der Waals surface area contributed by atoms with E-state index < -0.39 is 29.2 Å². The summed E-state index contributed by atoms with van der Waals surface area (Å²) in [5.41, 5.74) is 1.97. The van der Waals surface area contributed by atoms with E-state index in [0.29, 0.717) is 43.3 Å². The Labute approximate surface area is 231 Å². The minimum atomic E-state index is -0.731. The number of benzene rings is 2. The van der Waals surface area contributed by atoms with Gasteiger partial charge in [-0.2, -0.15) is 0 Å². The molecule has 0 radical (unpaired) electrons. The van der Waals surface area contributed by atoms with E-state index in [9.17, 15) is 18.7 Å². The predicted octanol–water partition coefficient (Wildman–Crippen LogP) is 5.64. The molecule has 40 heavy (non-hydrogen) atoms. The lowest BCUT2D eigenvalue weighted by Crippen LogP contribution is -2.19. The number of rotatable bonds is 9. The molecule has 1 atom stereocenters. The van der Waals surface area contributed by atoms with Crippen molar-refractivity contribution in [3.63, 3.8) is 0 Å². The lowest BCUT2D eigenvalue weighted by atomic mass is 10.0. The number of aliphatic hydroxyl groups is 1. The molecule has 1 amide bonds. The zero-order chi connectivity index (χ0) is 28.4. The summed E-state index contributed by atoms with van der Waals surface area (Å²) in [5.74, 6) is -0.462. The maximum Gasteiger partial charge on any atom is 0.296 e. The Bertz CT molecular complexity index is 1530. The summed E-state index contributed by atoms with van der Waals surface area (Å²) in [7, 11) is 0. The number of hydrogen-bond donors (Lipinski definition) is 2. The molecule has 0 fully saturated rings. The quantitative estimate of drug-likeness (QED) is 0.263. The van der Waals surface area contributed by atoms with Crippen LogP contribution in [-0.2, 0) is 6.42 Å². The number of pyridine rings is 1. The van der Waals surface area contributed by atoms with Gasteiger partial charge in [-0.25, -0.2) is 23.4 Å². The van der Waals surface area contributed by atoms with Gasteiger partial charge in [-0.3, -0.25) is 4.79 Å². The van der Waals surface area contributed by atoms with Crippen molar-refractivity contribution in [3.05, 3.63) is 89.1 Å². The molecule has 4 aromatic rings. The first-order chi connectivity index (χ1) is 19.1. The monoisotopic (exact) mass is 547 g/mol. The first-order valence-electron chi connectivity index (χ1n) is 13.2. The molecule has 208 valence electrons. The van der Waals surface area contributed by atoms with Crippen molar-refractivity contribution < 1.29 is 23.4 Å². The number of aromatic nitrogens is 4. The average molecular weight is 548 g/mol. The molecule has 10 heteroatoms. The van der Waals surface area contributed by atoms with Crippen LogP contribution in [0.2, 0.25) is 0 Å². The summed E-state index contributed by atoms with van der Waals surface area (Å²) in [4.78, 5) is 21.6. The van der Waals surface area contributed by atoms with E-state index in [1.807, 2.05) is 31.2 Å². The third-order valence-corrected chi connectivity index (χ3v) is 6.90. The van der Waals surface area contributed by atoms with E-state index in [1.165, 1.54) is 22.9 Å². The number of carbonyl (C=O) groups excluding carboxylic acids is 1. The Kier molecular flexibility index (Phi) is 7.62. The van der Waals surface area contributed by atoms with E-state index in [0.717, 1.165) is 23.1 Å². The van der Waals surface area contributed by atoms with Gasteiger partial charge in [0.05, 0.1) is 18.2 Å². The minimum absolute atomic E-state index is 0.0775. The third-order valence-electron chi connectivity index (χ3n) is 6.90. The highest BCUT2D eigenvalue weighted by Crippen LogP contribution is 2.34. The van der Waals surface area contributed by atoms with Crippen LogP contribution < -0.4 is 10.1 Å². The van der Waals surface area contributed by atoms with Crippen LogP contribution in [0.1, 0.15) is 66.7 Å². The molecule has 8 nitrogen and oxygen atoms in total. The number of amides is 1. The second-order valence-electron chi connectivity index (χ2n) is 10.6. The standard InChI is InChI=1S/C30H31F2N5O3/c1-18-8-9-20(40-15-5-13-30(2,3)39)17-21(18)19-12-14-33-25(16-19)34-29(38)28-35-26-11-10-24(37(26)36-28)27-22(31)6-4-7-23(27)32/h4,6-9,12,14,16-17,24,39H,5,10-11,13,15H2,1-3H3,(H,33,34,38). The molecule has 1 aliphatic heterocycles. The highest BCUT2D eigenvalue weighted by atomic mass is 19.1. The van der Waals surface area contributed by atoms with Gasteiger partial charge < -0.3 is 15.2 Å². The smallest absolute Gasteiger partial charge is 0.296 e.